The van der Waals surface area contributed by atoms with E-state index in [0.717, 1.165) is 0 Å². The van der Waals surface area contributed by atoms with Crippen molar-refractivity contribution in [2.75, 3.05) is 5.32 Å². The van der Waals surface area contributed by atoms with Crippen LogP contribution in [0.3, 0.4) is 0 Å². The summed E-state index contributed by atoms with van der Waals surface area (Å²) in [5, 5.41) is 20.7. The van der Waals surface area contributed by atoms with Gasteiger partial charge in [-0.2, -0.15) is 0 Å². The minimum atomic E-state index is -1.76. The molecule has 0 spiro atoms. The highest BCUT2D eigenvalue weighted by Crippen LogP contribution is 2.13. The SMILES string of the molecule is O=C(Nc1ccccc1F)c1ccccc1B(O)O. The molecule has 3 N–H and O–H groups in total. The molecule has 4 nitrogen and oxygen atoms in total. The van der Waals surface area contributed by atoms with E-state index in [-0.39, 0.29) is 16.7 Å². The Balaban J connectivity index is 2.29. The molecule has 0 saturated carbocycles. The Morgan fingerprint density at radius 2 is 1.68 bits per heavy atom. The molecular formula is C13H11BFNO3. The number of hydrogen-bond donors (Lipinski definition) is 3. The highest BCUT2D eigenvalue weighted by atomic mass is 19.1. The van der Waals surface area contributed by atoms with Crippen LogP contribution in [0.25, 0.3) is 0 Å². The molecule has 0 bridgehead atoms. The Morgan fingerprint density at radius 1 is 1.05 bits per heavy atom. The van der Waals surface area contributed by atoms with Gasteiger partial charge >= 0.3 is 7.12 Å². The van der Waals surface area contributed by atoms with Gasteiger partial charge in [0.15, 0.2) is 0 Å². The average molecular weight is 259 g/mol. The van der Waals surface area contributed by atoms with Crippen LogP contribution < -0.4 is 10.8 Å². The second kappa shape index (κ2) is 5.64. The number of carbonyl (C=O) groups excluding carboxylic acids is 1. The first-order chi connectivity index (χ1) is 9.09. The van der Waals surface area contributed by atoms with Gasteiger partial charge in [0.2, 0.25) is 0 Å². The summed E-state index contributed by atoms with van der Waals surface area (Å²) < 4.78 is 13.4. The number of halogens is 1. The van der Waals surface area contributed by atoms with Crippen molar-refractivity contribution in [3.8, 4) is 0 Å². The van der Waals surface area contributed by atoms with Crippen LogP contribution in [0, 0.1) is 5.82 Å². The number of nitrogens with one attached hydrogen (secondary N) is 1. The molecule has 6 heteroatoms. The number of benzene rings is 2. The Morgan fingerprint density at radius 3 is 2.37 bits per heavy atom. The molecule has 0 radical (unpaired) electrons. The third-order valence-electron chi connectivity index (χ3n) is 2.61. The van der Waals surface area contributed by atoms with Gasteiger partial charge in [-0.1, -0.05) is 30.3 Å². The molecule has 19 heavy (non-hydrogen) atoms. The van der Waals surface area contributed by atoms with Crippen LogP contribution in [0.4, 0.5) is 10.1 Å². The quantitative estimate of drug-likeness (QED) is 0.712. The molecule has 0 fully saturated rings. The summed E-state index contributed by atoms with van der Waals surface area (Å²) >= 11 is 0. The minimum absolute atomic E-state index is 0.0368. The summed E-state index contributed by atoms with van der Waals surface area (Å²) in [6.45, 7) is 0. The smallest absolute Gasteiger partial charge is 0.423 e. The molecule has 2 rings (SSSR count). The fourth-order valence-electron chi connectivity index (χ4n) is 1.68. The van der Waals surface area contributed by atoms with Crippen LogP contribution in [-0.4, -0.2) is 23.1 Å². The van der Waals surface area contributed by atoms with Gasteiger partial charge in [-0.3, -0.25) is 4.79 Å². The highest BCUT2D eigenvalue weighted by Gasteiger charge is 2.20. The number of rotatable bonds is 3. The van der Waals surface area contributed by atoms with Crippen molar-refractivity contribution in [3.05, 3.63) is 59.9 Å². The summed E-state index contributed by atoms with van der Waals surface area (Å²) in [6.07, 6.45) is 0. The predicted octanol–water partition coefficient (Wildman–Crippen LogP) is 0.758. The molecule has 0 heterocycles. The third-order valence-corrected chi connectivity index (χ3v) is 2.61. The second-order valence-corrected chi connectivity index (χ2v) is 3.89. The van der Waals surface area contributed by atoms with E-state index in [1.54, 1.807) is 18.2 Å². The summed E-state index contributed by atoms with van der Waals surface area (Å²) in [5.41, 5.74) is 0.187. The lowest BCUT2D eigenvalue weighted by molar-refractivity contribution is 0.102. The normalized spacial score (nSPS) is 10.1. The third kappa shape index (κ3) is 2.99. The first-order valence-corrected chi connectivity index (χ1v) is 5.60. The van der Waals surface area contributed by atoms with Crippen LogP contribution in [0.2, 0.25) is 0 Å². The van der Waals surface area contributed by atoms with Crippen LogP contribution >= 0.6 is 0 Å². The molecule has 0 unspecified atom stereocenters. The number of carbonyl (C=O) groups is 1. The van der Waals surface area contributed by atoms with Gasteiger partial charge in [-0.25, -0.2) is 4.39 Å². The lowest BCUT2D eigenvalue weighted by Crippen LogP contribution is -2.36. The van der Waals surface area contributed by atoms with E-state index >= 15 is 0 Å². The van der Waals surface area contributed by atoms with Crippen LogP contribution in [0.1, 0.15) is 10.4 Å². The Kier molecular flexibility index (Phi) is 3.94. The standard InChI is InChI=1S/C13H11BFNO3/c15-11-7-3-4-8-12(11)16-13(17)9-5-1-2-6-10(9)14(18)19/h1-8,18-19H,(H,16,17). The molecule has 0 aromatic heterocycles. The van der Waals surface area contributed by atoms with Gasteiger partial charge in [0.1, 0.15) is 5.82 Å². The first-order valence-electron chi connectivity index (χ1n) is 5.60. The van der Waals surface area contributed by atoms with E-state index in [4.69, 9.17) is 0 Å². The second-order valence-electron chi connectivity index (χ2n) is 3.89. The van der Waals surface area contributed by atoms with Crippen LogP contribution in [0.15, 0.2) is 48.5 Å². The molecule has 1 amide bonds. The average Bonchev–Trinajstić information content (AvgIpc) is 2.41. The molecule has 0 atom stereocenters. The lowest BCUT2D eigenvalue weighted by atomic mass is 9.77. The molecular weight excluding hydrogens is 248 g/mol. The molecule has 96 valence electrons. The van der Waals surface area contributed by atoms with Gasteiger partial charge in [0.05, 0.1) is 5.69 Å². The lowest BCUT2D eigenvalue weighted by Gasteiger charge is -2.10. The first kappa shape index (κ1) is 13.3. The Labute approximate surface area is 109 Å². The summed E-state index contributed by atoms with van der Waals surface area (Å²) in [4.78, 5) is 12.0. The molecule has 2 aromatic carbocycles. The number of para-hydroxylation sites is 1. The van der Waals surface area contributed by atoms with E-state index in [9.17, 15) is 19.2 Å². The molecule has 0 aliphatic rings. The van der Waals surface area contributed by atoms with Crippen molar-refractivity contribution in [1.29, 1.82) is 0 Å². The van der Waals surface area contributed by atoms with E-state index in [1.165, 1.54) is 30.3 Å². The largest absolute Gasteiger partial charge is 0.489 e. The molecule has 2 aromatic rings. The maximum atomic E-state index is 13.4. The summed E-state index contributed by atoms with van der Waals surface area (Å²) in [7, 11) is -1.76. The highest BCUT2D eigenvalue weighted by molar-refractivity contribution is 6.60. The van der Waals surface area contributed by atoms with Crippen LogP contribution in [-0.2, 0) is 0 Å². The zero-order valence-electron chi connectivity index (χ0n) is 9.88. The van der Waals surface area contributed by atoms with Crippen molar-refractivity contribution >= 4 is 24.2 Å². The fraction of sp³-hybridized carbons (Fsp3) is 0. The summed E-state index contributed by atoms with van der Waals surface area (Å²) in [5.74, 6) is -1.16. The monoisotopic (exact) mass is 259 g/mol. The van der Waals surface area contributed by atoms with E-state index in [1.807, 2.05) is 0 Å². The number of amides is 1. The Hall–Kier alpha value is -2.18. The predicted molar refractivity (Wildman–Crippen MR) is 70.6 cm³/mol. The minimum Gasteiger partial charge on any atom is -0.423 e. The fourth-order valence-corrected chi connectivity index (χ4v) is 1.68. The van der Waals surface area contributed by atoms with Gasteiger partial charge in [-0.15, -0.1) is 0 Å². The maximum Gasteiger partial charge on any atom is 0.489 e. The van der Waals surface area contributed by atoms with Crippen molar-refractivity contribution in [3.63, 3.8) is 0 Å². The molecule has 0 saturated heterocycles. The molecule has 0 aliphatic heterocycles. The van der Waals surface area contributed by atoms with E-state index in [2.05, 4.69) is 5.32 Å². The van der Waals surface area contributed by atoms with E-state index in [0.29, 0.717) is 0 Å². The van der Waals surface area contributed by atoms with Crippen molar-refractivity contribution < 1.29 is 19.2 Å². The molecule has 0 aliphatic carbocycles. The van der Waals surface area contributed by atoms with Gasteiger partial charge in [0, 0.05) is 5.56 Å². The zero-order valence-corrected chi connectivity index (χ0v) is 9.88. The van der Waals surface area contributed by atoms with Crippen molar-refractivity contribution in [1.82, 2.24) is 0 Å². The van der Waals surface area contributed by atoms with Crippen molar-refractivity contribution in [2.45, 2.75) is 0 Å². The number of anilines is 1. The van der Waals surface area contributed by atoms with Gasteiger partial charge < -0.3 is 15.4 Å². The zero-order chi connectivity index (χ0) is 13.8. The maximum absolute atomic E-state index is 13.4. The van der Waals surface area contributed by atoms with Crippen molar-refractivity contribution in [2.24, 2.45) is 0 Å². The Bertz CT molecular complexity index is 604. The van der Waals surface area contributed by atoms with Gasteiger partial charge in [-0.05, 0) is 23.7 Å². The summed E-state index contributed by atoms with van der Waals surface area (Å²) in [6, 6.07) is 11.8. The topological polar surface area (TPSA) is 69.6 Å². The van der Waals surface area contributed by atoms with E-state index < -0.39 is 18.8 Å². The van der Waals surface area contributed by atoms with Gasteiger partial charge in [0.25, 0.3) is 5.91 Å². The number of hydrogen-bond acceptors (Lipinski definition) is 3. The van der Waals surface area contributed by atoms with Crippen LogP contribution in [0.5, 0.6) is 0 Å².